The second-order valence-corrected chi connectivity index (χ2v) is 9.44. The van der Waals surface area contributed by atoms with Crippen LogP contribution >= 0.6 is 0 Å². The summed E-state index contributed by atoms with van der Waals surface area (Å²) in [7, 11) is 0. The zero-order chi connectivity index (χ0) is 28.3. The number of benzene rings is 2. The van der Waals surface area contributed by atoms with Crippen molar-refractivity contribution < 1.29 is 31.6 Å². The van der Waals surface area contributed by atoms with E-state index in [1.807, 2.05) is 0 Å². The minimum Gasteiger partial charge on any atom is -0.357 e. The minimum atomic E-state index is -4.51. The number of nitrogens with zero attached hydrogens (tertiary/aromatic N) is 4. The molecule has 1 fully saturated rings. The van der Waals surface area contributed by atoms with Crippen LogP contribution in [0.1, 0.15) is 59.6 Å². The number of carbonyl (C=O) groups excluding carboxylic acids is 1. The molecule has 0 aliphatic carbocycles. The summed E-state index contributed by atoms with van der Waals surface area (Å²) in [6, 6.07) is 7.94. The van der Waals surface area contributed by atoms with Crippen LogP contribution in [-0.2, 0) is 17.4 Å². The summed E-state index contributed by atoms with van der Waals surface area (Å²) in [6.07, 6.45) is -3.77. The molecule has 1 aromatic heterocycles. The average molecular weight is 547 g/mol. The molecule has 6 nitrogen and oxygen atoms in total. The van der Waals surface area contributed by atoms with Gasteiger partial charge in [-0.25, -0.2) is 18.7 Å². The molecule has 0 N–H and O–H groups in total. The van der Waals surface area contributed by atoms with Gasteiger partial charge >= 0.3 is 6.18 Å². The SMILES string of the molecule is C/C(=N/Oc1cccc(C(F)(F)F)c1)c1c(C)nc(C)nc1C1CCN(C(=O)Cc2c(F)cccc2F)CC1. The Morgan fingerprint density at radius 3 is 2.33 bits per heavy atom. The lowest BCUT2D eigenvalue weighted by molar-refractivity contribution is -0.137. The van der Waals surface area contributed by atoms with Crippen molar-refractivity contribution in [2.24, 2.45) is 5.16 Å². The van der Waals surface area contributed by atoms with E-state index in [1.165, 1.54) is 18.2 Å². The van der Waals surface area contributed by atoms with Gasteiger partial charge in [-0.2, -0.15) is 13.2 Å². The first-order valence-corrected chi connectivity index (χ1v) is 12.4. The number of likely N-dealkylation sites (tertiary alicyclic amines) is 1. The van der Waals surface area contributed by atoms with E-state index in [0.717, 1.165) is 24.3 Å². The molecule has 1 aliphatic heterocycles. The standard InChI is InChI=1S/C28H27F5N4O2/c1-16-26(17(2)36-39-21-7-4-6-20(14-21)28(31,32)33)27(35-18(3)34-16)19-10-12-37(13-11-19)25(38)15-22-23(29)8-5-9-24(22)30/h4-9,14,19H,10-13,15H2,1-3H3/b36-17-. The van der Waals surface area contributed by atoms with Gasteiger partial charge in [-0.15, -0.1) is 0 Å². The Kier molecular flexibility index (Phi) is 8.27. The maximum atomic E-state index is 14.0. The maximum Gasteiger partial charge on any atom is 0.416 e. The quantitative estimate of drug-likeness (QED) is 0.212. The number of oxime groups is 1. The molecular formula is C28H27F5N4O2. The number of hydrogen-bond acceptors (Lipinski definition) is 5. The Labute approximate surface area is 222 Å². The van der Waals surface area contributed by atoms with Gasteiger partial charge in [0, 0.05) is 30.1 Å². The highest BCUT2D eigenvalue weighted by Gasteiger charge is 2.31. The molecule has 4 rings (SSSR count). The van der Waals surface area contributed by atoms with Crippen LogP contribution in [0, 0.1) is 25.5 Å². The summed E-state index contributed by atoms with van der Waals surface area (Å²) in [5.74, 6) is -1.44. The third-order valence-electron chi connectivity index (χ3n) is 6.66. The molecule has 2 aromatic carbocycles. The number of amides is 1. The topological polar surface area (TPSA) is 67.7 Å². The molecule has 0 spiro atoms. The molecular weight excluding hydrogens is 519 g/mol. The number of aromatic nitrogens is 2. The van der Waals surface area contributed by atoms with E-state index in [0.29, 0.717) is 54.4 Å². The summed E-state index contributed by atoms with van der Waals surface area (Å²) in [5.41, 5.74) is 1.28. The van der Waals surface area contributed by atoms with Crippen molar-refractivity contribution in [2.75, 3.05) is 13.1 Å². The van der Waals surface area contributed by atoms with E-state index in [1.54, 1.807) is 25.7 Å². The normalized spacial score (nSPS) is 15.0. The van der Waals surface area contributed by atoms with E-state index in [-0.39, 0.29) is 29.6 Å². The van der Waals surface area contributed by atoms with Crippen LogP contribution in [0.25, 0.3) is 0 Å². The Morgan fingerprint density at radius 1 is 1.05 bits per heavy atom. The summed E-state index contributed by atoms with van der Waals surface area (Å²) in [5, 5.41) is 4.07. The van der Waals surface area contributed by atoms with Crippen LogP contribution in [0.2, 0.25) is 0 Å². The number of piperidine rings is 1. The van der Waals surface area contributed by atoms with Crippen molar-refractivity contribution in [3.63, 3.8) is 0 Å². The third-order valence-corrected chi connectivity index (χ3v) is 6.66. The Morgan fingerprint density at radius 2 is 1.69 bits per heavy atom. The van der Waals surface area contributed by atoms with Crippen molar-refractivity contribution >= 4 is 11.6 Å². The van der Waals surface area contributed by atoms with Gasteiger partial charge in [0.1, 0.15) is 17.5 Å². The fourth-order valence-electron chi connectivity index (χ4n) is 4.74. The Hall–Kier alpha value is -3.89. The fourth-order valence-corrected chi connectivity index (χ4v) is 4.74. The van der Waals surface area contributed by atoms with Crippen LogP contribution in [0.3, 0.4) is 0 Å². The lowest BCUT2D eigenvalue weighted by Crippen LogP contribution is -2.39. The van der Waals surface area contributed by atoms with E-state index in [4.69, 9.17) is 4.84 Å². The Balaban J connectivity index is 1.50. The van der Waals surface area contributed by atoms with Crippen LogP contribution in [0.4, 0.5) is 22.0 Å². The first kappa shape index (κ1) is 28.1. The van der Waals surface area contributed by atoms with E-state index >= 15 is 0 Å². The molecule has 1 aliphatic rings. The van der Waals surface area contributed by atoms with Crippen molar-refractivity contribution in [1.82, 2.24) is 14.9 Å². The van der Waals surface area contributed by atoms with Crippen LogP contribution < -0.4 is 4.84 Å². The number of carbonyl (C=O) groups is 1. The van der Waals surface area contributed by atoms with Crippen molar-refractivity contribution in [3.8, 4) is 5.75 Å². The first-order chi connectivity index (χ1) is 18.4. The molecule has 1 amide bonds. The maximum absolute atomic E-state index is 14.0. The van der Waals surface area contributed by atoms with Crippen LogP contribution in [0.5, 0.6) is 5.75 Å². The van der Waals surface area contributed by atoms with Gasteiger partial charge in [0.05, 0.1) is 29.1 Å². The number of hydrogen-bond donors (Lipinski definition) is 0. The molecule has 2 heterocycles. The largest absolute Gasteiger partial charge is 0.416 e. The lowest BCUT2D eigenvalue weighted by Gasteiger charge is -2.33. The van der Waals surface area contributed by atoms with Gasteiger partial charge in [0.25, 0.3) is 0 Å². The van der Waals surface area contributed by atoms with Gasteiger partial charge in [-0.1, -0.05) is 17.3 Å². The zero-order valence-corrected chi connectivity index (χ0v) is 21.6. The lowest BCUT2D eigenvalue weighted by atomic mass is 9.88. The van der Waals surface area contributed by atoms with Gasteiger partial charge in [-0.3, -0.25) is 4.79 Å². The second kappa shape index (κ2) is 11.5. The fraction of sp³-hybridized carbons (Fsp3) is 0.357. The van der Waals surface area contributed by atoms with Crippen molar-refractivity contribution in [3.05, 3.63) is 88.0 Å². The van der Waals surface area contributed by atoms with Gasteiger partial charge < -0.3 is 9.74 Å². The van der Waals surface area contributed by atoms with Crippen LogP contribution in [0.15, 0.2) is 47.6 Å². The van der Waals surface area contributed by atoms with Gasteiger partial charge in [0.15, 0.2) is 5.75 Å². The predicted molar refractivity (Wildman–Crippen MR) is 134 cm³/mol. The first-order valence-electron chi connectivity index (χ1n) is 12.4. The highest BCUT2D eigenvalue weighted by Crippen LogP contribution is 2.33. The summed E-state index contributed by atoms with van der Waals surface area (Å²) < 4.78 is 67.1. The average Bonchev–Trinajstić information content (AvgIpc) is 2.88. The molecule has 206 valence electrons. The molecule has 0 radical (unpaired) electrons. The van der Waals surface area contributed by atoms with Crippen molar-refractivity contribution in [1.29, 1.82) is 0 Å². The van der Waals surface area contributed by atoms with Gasteiger partial charge in [-0.05, 0) is 63.9 Å². The number of alkyl halides is 3. The second-order valence-electron chi connectivity index (χ2n) is 9.44. The molecule has 1 saturated heterocycles. The molecule has 0 saturated carbocycles. The third kappa shape index (κ3) is 6.58. The summed E-state index contributed by atoms with van der Waals surface area (Å²) in [4.78, 5) is 28.7. The van der Waals surface area contributed by atoms with E-state index < -0.39 is 23.4 Å². The van der Waals surface area contributed by atoms with E-state index in [2.05, 4.69) is 15.1 Å². The summed E-state index contributed by atoms with van der Waals surface area (Å²) >= 11 is 0. The predicted octanol–water partition coefficient (Wildman–Crippen LogP) is 6.14. The van der Waals surface area contributed by atoms with Crippen LogP contribution in [-0.4, -0.2) is 39.6 Å². The summed E-state index contributed by atoms with van der Waals surface area (Å²) in [6.45, 7) is 5.96. The zero-order valence-electron chi connectivity index (χ0n) is 21.6. The van der Waals surface area contributed by atoms with Gasteiger partial charge in [0.2, 0.25) is 5.91 Å². The number of aryl methyl sites for hydroxylation is 2. The molecule has 39 heavy (non-hydrogen) atoms. The monoisotopic (exact) mass is 546 g/mol. The van der Waals surface area contributed by atoms with E-state index in [9.17, 15) is 26.7 Å². The molecule has 0 unspecified atom stereocenters. The Bertz CT molecular complexity index is 1380. The molecule has 11 heteroatoms. The number of halogens is 5. The minimum absolute atomic E-state index is 0.0606. The number of rotatable bonds is 6. The molecule has 0 atom stereocenters. The highest BCUT2D eigenvalue weighted by atomic mass is 19.4. The smallest absolute Gasteiger partial charge is 0.357 e. The molecule has 0 bridgehead atoms. The molecule has 3 aromatic rings. The highest BCUT2D eigenvalue weighted by molar-refractivity contribution is 6.00. The van der Waals surface area contributed by atoms with Crippen molar-refractivity contribution in [2.45, 2.75) is 52.1 Å².